The molecule has 0 saturated carbocycles. The molecule has 1 atom stereocenters. The van der Waals surface area contributed by atoms with Gasteiger partial charge < -0.3 is 15.3 Å². The second-order valence-corrected chi connectivity index (χ2v) is 4.69. The summed E-state index contributed by atoms with van der Waals surface area (Å²) in [5, 5.41) is 26.8. The van der Waals surface area contributed by atoms with E-state index in [4.69, 9.17) is 15.3 Å². The first kappa shape index (κ1) is 15.4. The van der Waals surface area contributed by atoms with Crippen LogP contribution >= 0.6 is 0 Å². The van der Waals surface area contributed by atoms with Gasteiger partial charge in [-0.15, -0.1) is 0 Å². The highest BCUT2D eigenvalue weighted by Crippen LogP contribution is 2.17. The van der Waals surface area contributed by atoms with Crippen LogP contribution in [0.1, 0.15) is 47.0 Å². The van der Waals surface area contributed by atoms with Gasteiger partial charge in [0.05, 0.1) is 0 Å². The second-order valence-electron chi connectivity index (χ2n) is 4.69. The first-order valence-corrected chi connectivity index (χ1v) is 5.69. The fourth-order valence-electron chi connectivity index (χ4n) is 1.23. The minimum absolute atomic E-state index is 0.462. The smallest absolute Gasteiger partial charge is 0.278 e. The average molecular weight is 228 g/mol. The van der Waals surface area contributed by atoms with E-state index < -0.39 is 11.9 Å². The van der Waals surface area contributed by atoms with Gasteiger partial charge in [-0.2, -0.15) is 0 Å². The third-order valence-electron chi connectivity index (χ3n) is 2.57. The molecule has 0 heterocycles. The molecule has 0 aromatic rings. The van der Waals surface area contributed by atoms with E-state index in [0.29, 0.717) is 6.42 Å². The van der Waals surface area contributed by atoms with Crippen molar-refractivity contribution in [2.24, 2.45) is 5.92 Å². The summed E-state index contributed by atoms with van der Waals surface area (Å²) in [6.07, 6.45) is 6.55. The van der Waals surface area contributed by atoms with Crippen molar-refractivity contribution in [2.75, 3.05) is 0 Å². The standard InChI is InChI=1S/C13H24O3/c1-10(2)6-5-7-11(3)8-9-12(4)13(14,15)16/h6,8,12,14-16H,5,7,9H2,1-4H3/b11-8+. The molecule has 1 unspecified atom stereocenters. The van der Waals surface area contributed by atoms with E-state index in [-0.39, 0.29) is 0 Å². The largest absolute Gasteiger partial charge is 0.343 e. The Labute approximate surface area is 98.1 Å². The van der Waals surface area contributed by atoms with Crippen molar-refractivity contribution in [3.63, 3.8) is 0 Å². The average Bonchev–Trinajstić information content (AvgIpc) is 2.11. The zero-order valence-corrected chi connectivity index (χ0v) is 10.7. The van der Waals surface area contributed by atoms with Crippen molar-refractivity contribution < 1.29 is 15.3 Å². The molecular formula is C13H24O3. The Hall–Kier alpha value is -0.640. The van der Waals surface area contributed by atoms with Gasteiger partial charge in [0.1, 0.15) is 0 Å². The lowest BCUT2D eigenvalue weighted by Gasteiger charge is -2.20. The quantitative estimate of drug-likeness (QED) is 0.483. The van der Waals surface area contributed by atoms with Gasteiger partial charge in [0, 0.05) is 5.92 Å². The summed E-state index contributed by atoms with van der Waals surface area (Å²) in [4.78, 5) is 0. The van der Waals surface area contributed by atoms with Crippen LogP contribution in [-0.4, -0.2) is 21.3 Å². The van der Waals surface area contributed by atoms with Crippen molar-refractivity contribution in [1.82, 2.24) is 0 Å². The zero-order chi connectivity index (χ0) is 12.8. The molecule has 16 heavy (non-hydrogen) atoms. The predicted octanol–water partition coefficient (Wildman–Crippen LogP) is 2.34. The molecule has 0 saturated heterocycles. The second kappa shape index (κ2) is 6.84. The fourth-order valence-corrected chi connectivity index (χ4v) is 1.23. The SMILES string of the molecule is CC(C)=CCC/C(C)=C/CC(C)C(O)(O)O. The highest BCUT2D eigenvalue weighted by molar-refractivity contribution is 5.02. The van der Waals surface area contributed by atoms with E-state index in [9.17, 15) is 0 Å². The van der Waals surface area contributed by atoms with Crippen molar-refractivity contribution in [1.29, 1.82) is 0 Å². The van der Waals surface area contributed by atoms with Crippen molar-refractivity contribution in [3.05, 3.63) is 23.3 Å². The lowest BCUT2D eigenvalue weighted by Crippen LogP contribution is -2.35. The van der Waals surface area contributed by atoms with Crippen LogP contribution in [0.5, 0.6) is 0 Å². The Bertz CT molecular complexity index is 255. The monoisotopic (exact) mass is 228 g/mol. The Morgan fingerprint density at radius 3 is 2.12 bits per heavy atom. The van der Waals surface area contributed by atoms with Crippen LogP contribution in [0.25, 0.3) is 0 Å². The van der Waals surface area contributed by atoms with Crippen LogP contribution in [0, 0.1) is 5.92 Å². The summed E-state index contributed by atoms with van der Waals surface area (Å²) in [6.45, 7) is 7.75. The maximum atomic E-state index is 8.92. The molecule has 0 spiro atoms. The first-order chi connectivity index (χ1) is 7.23. The van der Waals surface area contributed by atoms with Crippen molar-refractivity contribution >= 4 is 0 Å². The molecular weight excluding hydrogens is 204 g/mol. The van der Waals surface area contributed by atoms with E-state index in [1.165, 1.54) is 11.1 Å². The fraction of sp³-hybridized carbons (Fsp3) is 0.692. The van der Waals surface area contributed by atoms with Gasteiger partial charge >= 0.3 is 0 Å². The number of hydrogen-bond donors (Lipinski definition) is 3. The summed E-state index contributed by atoms with van der Waals surface area (Å²) < 4.78 is 0. The van der Waals surface area contributed by atoms with Gasteiger partial charge in [-0.3, -0.25) is 0 Å². The predicted molar refractivity (Wildman–Crippen MR) is 65.6 cm³/mol. The Balaban J connectivity index is 4.01. The molecule has 3 N–H and O–H groups in total. The van der Waals surface area contributed by atoms with Gasteiger partial charge in [-0.25, -0.2) is 0 Å². The zero-order valence-electron chi connectivity index (χ0n) is 10.7. The number of allylic oxidation sites excluding steroid dienone is 4. The molecule has 0 aromatic carbocycles. The third-order valence-corrected chi connectivity index (χ3v) is 2.57. The number of aliphatic hydroxyl groups is 3. The molecule has 94 valence electrons. The molecule has 0 amide bonds. The minimum atomic E-state index is -2.57. The molecule has 0 aliphatic rings. The highest BCUT2D eigenvalue weighted by atomic mass is 16.7. The van der Waals surface area contributed by atoms with Crippen LogP contribution in [0.4, 0.5) is 0 Å². The molecule has 0 aromatic heterocycles. The molecule has 3 nitrogen and oxygen atoms in total. The minimum Gasteiger partial charge on any atom is -0.343 e. The summed E-state index contributed by atoms with van der Waals surface area (Å²) >= 11 is 0. The van der Waals surface area contributed by atoms with Crippen LogP contribution in [0.2, 0.25) is 0 Å². The molecule has 3 heteroatoms. The molecule has 0 bridgehead atoms. The third kappa shape index (κ3) is 7.63. The maximum absolute atomic E-state index is 8.92. The topological polar surface area (TPSA) is 60.7 Å². The molecule has 0 rings (SSSR count). The first-order valence-electron chi connectivity index (χ1n) is 5.69. The van der Waals surface area contributed by atoms with E-state index in [0.717, 1.165) is 12.8 Å². The van der Waals surface area contributed by atoms with Crippen molar-refractivity contribution in [3.8, 4) is 0 Å². The Kier molecular flexibility index (Phi) is 6.56. The summed E-state index contributed by atoms with van der Waals surface area (Å²) in [5.41, 5.74) is 2.51. The summed E-state index contributed by atoms with van der Waals surface area (Å²) in [7, 11) is 0. The molecule has 0 radical (unpaired) electrons. The lowest BCUT2D eigenvalue weighted by molar-refractivity contribution is -0.338. The van der Waals surface area contributed by atoms with Crippen LogP contribution < -0.4 is 0 Å². The van der Waals surface area contributed by atoms with E-state index >= 15 is 0 Å². The van der Waals surface area contributed by atoms with Crippen LogP contribution in [0.3, 0.4) is 0 Å². The summed E-state index contributed by atoms with van der Waals surface area (Å²) in [6, 6.07) is 0. The van der Waals surface area contributed by atoms with Gasteiger partial charge in [0.2, 0.25) is 0 Å². The van der Waals surface area contributed by atoms with Gasteiger partial charge in [0.15, 0.2) is 0 Å². The van der Waals surface area contributed by atoms with Crippen LogP contribution in [-0.2, 0) is 0 Å². The van der Waals surface area contributed by atoms with Crippen LogP contribution in [0.15, 0.2) is 23.3 Å². The Morgan fingerprint density at radius 2 is 1.69 bits per heavy atom. The normalized spacial score (nSPS) is 14.8. The molecule has 0 aliphatic heterocycles. The maximum Gasteiger partial charge on any atom is 0.278 e. The van der Waals surface area contributed by atoms with E-state index in [1.54, 1.807) is 6.92 Å². The van der Waals surface area contributed by atoms with E-state index in [1.807, 2.05) is 13.0 Å². The molecule has 0 fully saturated rings. The molecule has 0 aliphatic carbocycles. The Morgan fingerprint density at radius 1 is 1.12 bits per heavy atom. The number of rotatable bonds is 6. The lowest BCUT2D eigenvalue weighted by atomic mass is 10.0. The van der Waals surface area contributed by atoms with Gasteiger partial charge in [-0.05, 0) is 40.0 Å². The van der Waals surface area contributed by atoms with Crippen molar-refractivity contribution in [2.45, 2.75) is 52.9 Å². The van der Waals surface area contributed by atoms with Gasteiger partial charge in [-0.1, -0.05) is 30.2 Å². The number of hydrogen-bond acceptors (Lipinski definition) is 3. The van der Waals surface area contributed by atoms with E-state index in [2.05, 4.69) is 19.9 Å². The summed E-state index contributed by atoms with van der Waals surface area (Å²) in [5.74, 6) is -3.15. The van der Waals surface area contributed by atoms with Gasteiger partial charge in [0.25, 0.3) is 5.97 Å². The highest BCUT2D eigenvalue weighted by Gasteiger charge is 2.26.